The summed E-state index contributed by atoms with van der Waals surface area (Å²) in [5, 5.41) is 0.607. The fraction of sp³-hybridized carbons (Fsp3) is 0.385. The van der Waals surface area contributed by atoms with Crippen LogP contribution in [0.4, 0.5) is 0 Å². The SMILES string of the molecule is CN1C(=NC(=O)c2ccccc2)SC2CS(=O)(=O)CC21. The van der Waals surface area contributed by atoms with E-state index in [-0.39, 0.29) is 28.7 Å². The van der Waals surface area contributed by atoms with E-state index < -0.39 is 9.84 Å². The first-order chi connectivity index (χ1) is 9.46. The lowest BCUT2D eigenvalue weighted by Gasteiger charge is -2.17. The summed E-state index contributed by atoms with van der Waals surface area (Å²) < 4.78 is 23.2. The molecular weight excluding hydrogens is 296 g/mol. The van der Waals surface area contributed by atoms with Gasteiger partial charge in [0.2, 0.25) is 0 Å². The van der Waals surface area contributed by atoms with E-state index in [1.54, 1.807) is 31.3 Å². The Balaban J connectivity index is 1.80. The number of amides is 1. The van der Waals surface area contributed by atoms with Gasteiger partial charge in [0, 0.05) is 17.9 Å². The number of carbonyl (C=O) groups excluding carboxylic acids is 1. The van der Waals surface area contributed by atoms with Crippen LogP contribution in [0.25, 0.3) is 0 Å². The van der Waals surface area contributed by atoms with E-state index >= 15 is 0 Å². The Morgan fingerprint density at radius 1 is 1.30 bits per heavy atom. The number of nitrogens with zero attached hydrogens (tertiary/aromatic N) is 2. The van der Waals surface area contributed by atoms with Crippen molar-refractivity contribution in [1.29, 1.82) is 0 Å². The van der Waals surface area contributed by atoms with E-state index in [4.69, 9.17) is 0 Å². The largest absolute Gasteiger partial charge is 0.349 e. The predicted octanol–water partition coefficient (Wildman–Crippen LogP) is 1.03. The van der Waals surface area contributed by atoms with Gasteiger partial charge in [0.25, 0.3) is 5.91 Å². The number of thioether (sulfide) groups is 1. The summed E-state index contributed by atoms with van der Waals surface area (Å²) in [6.07, 6.45) is 0. The predicted molar refractivity (Wildman–Crippen MR) is 79.8 cm³/mol. The molecule has 106 valence electrons. The highest BCUT2D eigenvalue weighted by molar-refractivity contribution is 8.15. The topological polar surface area (TPSA) is 66.8 Å². The zero-order valence-corrected chi connectivity index (χ0v) is 12.5. The van der Waals surface area contributed by atoms with Gasteiger partial charge in [0.05, 0.1) is 17.5 Å². The molecule has 7 heteroatoms. The van der Waals surface area contributed by atoms with E-state index in [0.29, 0.717) is 10.7 Å². The van der Waals surface area contributed by atoms with Gasteiger partial charge in [-0.25, -0.2) is 8.42 Å². The van der Waals surface area contributed by atoms with Crippen molar-refractivity contribution in [3.63, 3.8) is 0 Å². The van der Waals surface area contributed by atoms with Crippen molar-refractivity contribution in [3.8, 4) is 0 Å². The molecule has 2 saturated heterocycles. The normalized spacial score (nSPS) is 29.6. The zero-order chi connectivity index (χ0) is 14.3. The minimum absolute atomic E-state index is 0.00711. The molecule has 0 aliphatic carbocycles. The van der Waals surface area contributed by atoms with Crippen molar-refractivity contribution in [2.45, 2.75) is 11.3 Å². The van der Waals surface area contributed by atoms with Crippen molar-refractivity contribution in [1.82, 2.24) is 4.90 Å². The Bertz CT molecular complexity index is 670. The quantitative estimate of drug-likeness (QED) is 0.775. The Kier molecular flexibility index (Phi) is 3.33. The standard InChI is InChI=1S/C13H14N2O3S2/c1-15-10-7-20(17,18)8-11(10)19-13(15)14-12(16)9-5-3-2-4-6-9/h2-6,10-11H,7-8H2,1H3. The smallest absolute Gasteiger partial charge is 0.279 e. The number of benzene rings is 1. The van der Waals surface area contributed by atoms with Crippen LogP contribution in [-0.4, -0.2) is 54.2 Å². The number of carbonyl (C=O) groups is 1. The minimum atomic E-state index is -2.94. The van der Waals surface area contributed by atoms with Crippen LogP contribution in [0.15, 0.2) is 35.3 Å². The fourth-order valence-electron chi connectivity index (χ4n) is 2.47. The molecule has 20 heavy (non-hydrogen) atoms. The summed E-state index contributed by atoms with van der Waals surface area (Å²) in [4.78, 5) is 18.0. The lowest BCUT2D eigenvalue weighted by atomic mass is 10.2. The molecule has 2 aliphatic heterocycles. The Labute approximate surface area is 122 Å². The highest BCUT2D eigenvalue weighted by Gasteiger charge is 2.47. The average molecular weight is 310 g/mol. The van der Waals surface area contributed by atoms with E-state index in [0.717, 1.165) is 0 Å². The molecule has 2 fully saturated rings. The highest BCUT2D eigenvalue weighted by atomic mass is 32.2. The number of hydrogen-bond donors (Lipinski definition) is 0. The third-order valence-electron chi connectivity index (χ3n) is 3.55. The monoisotopic (exact) mass is 310 g/mol. The molecule has 2 unspecified atom stereocenters. The van der Waals surface area contributed by atoms with Crippen LogP contribution in [-0.2, 0) is 9.84 Å². The molecule has 0 spiro atoms. The summed E-state index contributed by atoms with van der Waals surface area (Å²) in [7, 11) is -1.14. The number of sulfone groups is 1. The number of rotatable bonds is 1. The molecule has 5 nitrogen and oxygen atoms in total. The van der Waals surface area contributed by atoms with Gasteiger partial charge in [-0.2, -0.15) is 4.99 Å². The number of amidine groups is 1. The summed E-state index contributed by atoms with van der Waals surface area (Å²) >= 11 is 1.39. The van der Waals surface area contributed by atoms with E-state index in [1.165, 1.54) is 11.8 Å². The summed E-state index contributed by atoms with van der Waals surface area (Å²) in [5.74, 6) is 0.0352. The molecule has 0 bridgehead atoms. The van der Waals surface area contributed by atoms with Gasteiger partial charge in [-0.3, -0.25) is 4.79 Å². The summed E-state index contributed by atoms with van der Waals surface area (Å²) in [5.41, 5.74) is 0.540. The number of fused-ring (bicyclic) bond motifs is 1. The Morgan fingerprint density at radius 3 is 2.65 bits per heavy atom. The summed E-state index contributed by atoms with van der Waals surface area (Å²) in [6.45, 7) is 0. The molecule has 0 saturated carbocycles. The molecule has 2 atom stereocenters. The van der Waals surface area contributed by atoms with Crippen LogP contribution in [0.1, 0.15) is 10.4 Å². The van der Waals surface area contributed by atoms with Gasteiger partial charge in [-0.05, 0) is 12.1 Å². The van der Waals surface area contributed by atoms with E-state index in [9.17, 15) is 13.2 Å². The van der Waals surface area contributed by atoms with Gasteiger partial charge in [-0.1, -0.05) is 30.0 Å². The van der Waals surface area contributed by atoms with Gasteiger partial charge < -0.3 is 4.90 Å². The van der Waals surface area contributed by atoms with E-state index in [1.807, 2.05) is 11.0 Å². The second-order valence-electron chi connectivity index (χ2n) is 4.98. The van der Waals surface area contributed by atoms with Crippen LogP contribution in [0, 0.1) is 0 Å². The second-order valence-corrected chi connectivity index (χ2v) is 8.34. The van der Waals surface area contributed by atoms with Crippen LogP contribution in [0.2, 0.25) is 0 Å². The molecule has 0 aromatic heterocycles. The first-order valence-electron chi connectivity index (χ1n) is 6.24. The van der Waals surface area contributed by atoms with Gasteiger partial charge in [0.15, 0.2) is 15.0 Å². The molecule has 0 radical (unpaired) electrons. The molecule has 1 aromatic rings. The maximum Gasteiger partial charge on any atom is 0.279 e. The van der Waals surface area contributed by atoms with Crippen molar-refractivity contribution in [2.24, 2.45) is 4.99 Å². The minimum Gasteiger partial charge on any atom is -0.349 e. The molecule has 2 aliphatic rings. The highest BCUT2D eigenvalue weighted by Crippen LogP contribution is 2.37. The lowest BCUT2D eigenvalue weighted by molar-refractivity contribution is 0.100. The van der Waals surface area contributed by atoms with E-state index in [2.05, 4.69) is 4.99 Å². The van der Waals surface area contributed by atoms with Crippen molar-refractivity contribution in [2.75, 3.05) is 18.6 Å². The molecule has 0 N–H and O–H groups in total. The Morgan fingerprint density at radius 2 is 2.00 bits per heavy atom. The van der Waals surface area contributed by atoms with Gasteiger partial charge >= 0.3 is 0 Å². The van der Waals surface area contributed by atoms with Crippen LogP contribution in [0.3, 0.4) is 0 Å². The Hall–Kier alpha value is -1.34. The molecular formula is C13H14N2O3S2. The maximum atomic E-state index is 12.0. The number of hydrogen-bond acceptors (Lipinski definition) is 4. The van der Waals surface area contributed by atoms with Gasteiger partial charge in [0.1, 0.15) is 0 Å². The van der Waals surface area contributed by atoms with Crippen molar-refractivity contribution < 1.29 is 13.2 Å². The second kappa shape index (κ2) is 4.89. The molecule has 2 heterocycles. The number of aliphatic imine (C=N–C) groups is 1. The maximum absolute atomic E-state index is 12.0. The molecule has 1 amide bonds. The van der Waals surface area contributed by atoms with Crippen LogP contribution >= 0.6 is 11.8 Å². The van der Waals surface area contributed by atoms with Crippen molar-refractivity contribution in [3.05, 3.63) is 35.9 Å². The zero-order valence-electron chi connectivity index (χ0n) is 10.9. The van der Waals surface area contributed by atoms with Gasteiger partial charge in [-0.15, -0.1) is 0 Å². The first kappa shape index (κ1) is 13.6. The van der Waals surface area contributed by atoms with Crippen molar-refractivity contribution >= 4 is 32.7 Å². The fourth-order valence-corrected chi connectivity index (χ4v) is 6.46. The summed E-state index contributed by atoms with van der Waals surface area (Å²) in [6, 6.07) is 8.80. The van der Waals surface area contributed by atoms with Crippen LogP contribution in [0.5, 0.6) is 0 Å². The first-order valence-corrected chi connectivity index (χ1v) is 8.94. The third-order valence-corrected chi connectivity index (χ3v) is 6.85. The lowest BCUT2D eigenvalue weighted by Crippen LogP contribution is -2.34. The molecule has 1 aromatic carbocycles. The molecule has 3 rings (SSSR count). The van der Waals surface area contributed by atoms with Crippen LogP contribution < -0.4 is 0 Å². The average Bonchev–Trinajstić information content (AvgIpc) is 2.85. The third kappa shape index (κ3) is 2.47.